The summed E-state index contributed by atoms with van der Waals surface area (Å²) >= 11 is 3.33. The van der Waals surface area contributed by atoms with Crippen molar-refractivity contribution in [2.24, 2.45) is 7.05 Å². The maximum Gasteiger partial charge on any atom is 0.270 e. The topological polar surface area (TPSA) is 72.7 Å². The van der Waals surface area contributed by atoms with Crippen LogP contribution in [-0.2, 0) is 7.05 Å². The molecule has 0 radical (unpaired) electrons. The Morgan fingerprint density at radius 1 is 1.47 bits per heavy atom. The number of halogens is 1. The first-order valence-corrected chi connectivity index (χ1v) is 5.67. The number of carbonyl (C=O) groups excluding carboxylic acids is 1. The lowest BCUT2D eigenvalue weighted by atomic mass is 10.1. The van der Waals surface area contributed by atoms with Crippen molar-refractivity contribution in [3.63, 3.8) is 0 Å². The van der Waals surface area contributed by atoms with Crippen LogP contribution in [0.1, 0.15) is 15.9 Å². The van der Waals surface area contributed by atoms with Gasteiger partial charge in [-0.1, -0.05) is 16.7 Å². The van der Waals surface area contributed by atoms with Gasteiger partial charge in [0.05, 0.1) is 12.6 Å². The van der Waals surface area contributed by atoms with E-state index in [9.17, 15) is 4.79 Å². The number of rotatable bonds is 2. The highest BCUT2D eigenvalue weighted by Gasteiger charge is 2.12. The van der Waals surface area contributed by atoms with Crippen molar-refractivity contribution >= 4 is 27.8 Å². The molecule has 2 rings (SSSR count). The van der Waals surface area contributed by atoms with Crippen molar-refractivity contribution in [3.05, 3.63) is 33.8 Å². The van der Waals surface area contributed by atoms with E-state index in [0.29, 0.717) is 5.56 Å². The first-order valence-electron chi connectivity index (χ1n) is 4.88. The Balaban J connectivity index is 2.22. The maximum atomic E-state index is 11.9. The third kappa shape index (κ3) is 2.68. The number of nitrogens with zero attached hydrogens (tertiary/aromatic N) is 4. The number of benzene rings is 1. The largest absolute Gasteiger partial charge is 0.288 e. The Labute approximate surface area is 106 Å². The van der Waals surface area contributed by atoms with Crippen molar-refractivity contribution in [2.45, 2.75) is 6.92 Å². The van der Waals surface area contributed by atoms with E-state index in [1.807, 2.05) is 19.1 Å². The second-order valence-electron chi connectivity index (χ2n) is 3.54. The summed E-state index contributed by atoms with van der Waals surface area (Å²) in [5.41, 5.74) is 1.54. The van der Waals surface area contributed by atoms with Gasteiger partial charge in [-0.25, -0.2) is 0 Å². The summed E-state index contributed by atoms with van der Waals surface area (Å²) in [5, 5.41) is 13.8. The summed E-state index contributed by atoms with van der Waals surface area (Å²) < 4.78 is 0.726. The smallest absolute Gasteiger partial charge is 0.270 e. The Morgan fingerprint density at radius 2 is 2.24 bits per heavy atom. The Bertz CT molecular complexity index is 566. The summed E-state index contributed by atoms with van der Waals surface area (Å²) in [6.07, 6.45) is 0. The summed E-state index contributed by atoms with van der Waals surface area (Å²) in [6.45, 7) is 1.92. The van der Waals surface area contributed by atoms with Gasteiger partial charge in [-0.15, -0.1) is 5.10 Å². The molecule has 0 unspecified atom stereocenters. The molecule has 0 bridgehead atoms. The van der Waals surface area contributed by atoms with Crippen LogP contribution in [0, 0.1) is 6.92 Å². The molecule has 0 saturated carbocycles. The molecule has 0 fully saturated rings. The lowest BCUT2D eigenvalue weighted by Gasteiger charge is -2.04. The zero-order valence-electron chi connectivity index (χ0n) is 9.31. The highest BCUT2D eigenvalue weighted by molar-refractivity contribution is 9.10. The predicted molar refractivity (Wildman–Crippen MR) is 65.6 cm³/mol. The molecular weight excluding hydrogens is 286 g/mol. The van der Waals surface area contributed by atoms with Gasteiger partial charge in [0.15, 0.2) is 0 Å². The van der Waals surface area contributed by atoms with Crippen molar-refractivity contribution in [1.82, 2.24) is 20.2 Å². The SMILES string of the molecule is Cc1ccc(Br)c(C(=O)Nc2nnn(C)n2)c1. The number of aromatic nitrogens is 4. The normalized spacial score (nSPS) is 10.3. The van der Waals surface area contributed by atoms with E-state index < -0.39 is 0 Å². The minimum Gasteiger partial charge on any atom is -0.288 e. The monoisotopic (exact) mass is 295 g/mol. The van der Waals surface area contributed by atoms with Gasteiger partial charge in [-0.3, -0.25) is 10.1 Å². The number of anilines is 1. The van der Waals surface area contributed by atoms with Gasteiger partial charge in [-0.05, 0) is 40.2 Å². The lowest BCUT2D eigenvalue weighted by molar-refractivity contribution is 0.102. The third-order valence-electron chi connectivity index (χ3n) is 2.10. The Morgan fingerprint density at radius 3 is 2.88 bits per heavy atom. The molecule has 17 heavy (non-hydrogen) atoms. The van der Waals surface area contributed by atoms with Crippen molar-refractivity contribution < 1.29 is 4.79 Å². The molecule has 1 N–H and O–H groups in total. The number of carbonyl (C=O) groups is 1. The molecule has 1 amide bonds. The fourth-order valence-electron chi connectivity index (χ4n) is 1.32. The van der Waals surface area contributed by atoms with E-state index in [0.717, 1.165) is 10.0 Å². The zero-order valence-corrected chi connectivity index (χ0v) is 10.9. The van der Waals surface area contributed by atoms with E-state index in [2.05, 4.69) is 36.7 Å². The molecule has 1 heterocycles. The number of aryl methyl sites for hydroxylation is 2. The Kier molecular flexibility index (Phi) is 3.19. The first-order chi connectivity index (χ1) is 8.06. The number of tetrazole rings is 1. The molecule has 6 nitrogen and oxygen atoms in total. The molecule has 0 atom stereocenters. The molecule has 1 aromatic heterocycles. The van der Waals surface area contributed by atoms with Crippen molar-refractivity contribution in [3.8, 4) is 0 Å². The average Bonchev–Trinajstić information content (AvgIpc) is 2.67. The number of nitrogens with one attached hydrogen (secondary N) is 1. The number of hydrogen-bond donors (Lipinski definition) is 1. The van der Waals surface area contributed by atoms with Crippen LogP contribution >= 0.6 is 15.9 Å². The molecule has 88 valence electrons. The summed E-state index contributed by atoms with van der Waals surface area (Å²) in [7, 11) is 1.63. The molecule has 0 spiro atoms. The minimum absolute atomic E-state index is 0.186. The summed E-state index contributed by atoms with van der Waals surface area (Å²) in [6, 6.07) is 5.53. The van der Waals surface area contributed by atoms with Gasteiger partial charge in [-0.2, -0.15) is 4.80 Å². The lowest BCUT2D eigenvalue weighted by Crippen LogP contribution is -2.14. The molecule has 7 heteroatoms. The molecular formula is C10H10BrN5O. The van der Waals surface area contributed by atoms with Gasteiger partial charge in [0.1, 0.15) is 0 Å². The molecule has 0 aliphatic heterocycles. The maximum absolute atomic E-state index is 11.9. The highest BCUT2D eigenvalue weighted by Crippen LogP contribution is 2.18. The van der Waals surface area contributed by atoms with E-state index in [1.165, 1.54) is 4.80 Å². The van der Waals surface area contributed by atoms with Crippen LogP contribution in [0.3, 0.4) is 0 Å². The van der Waals surface area contributed by atoms with Crippen LogP contribution in [-0.4, -0.2) is 26.1 Å². The van der Waals surface area contributed by atoms with E-state index >= 15 is 0 Å². The highest BCUT2D eigenvalue weighted by atomic mass is 79.9. The number of amides is 1. The van der Waals surface area contributed by atoms with E-state index in [4.69, 9.17) is 0 Å². The Hall–Kier alpha value is -1.76. The molecule has 2 aromatic rings. The van der Waals surface area contributed by atoms with Gasteiger partial charge in [0.2, 0.25) is 0 Å². The van der Waals surface area contributed by atoms with Crippen LogP contribution in [0.5, 0.6) is 0 Å². The fraction of sp³-hybridized carbons (Fsp3) is 0.200. The van der Waals surface area contributed by atoms with E-state index in [1.54, 1.807) is 13.1 Å². The molecule has 0 saturated heterocycles. The second kappa shape index (κ2) is 4.62. The van der Waals surface area contributed by atoms with Crippen molar-refractivity contribution in [1.29, 1.82) is 0 Å². The summed E-state index contributed by atoms with van der Waals surface area (Å²) in [4.78, 5) is 13.2. The number of hydrogen-bond acceptors (Lipinski definition) is 4. The van der Waals surface area contributed by atoms with Gasteiger partial charge >= 0.3 is 0 Å². The van der Waals surface area contributed by atoms with Crippen LogP contribution in [0.15, 0.2) is 22.7 Å². The van der Waals surface area contributed by atoms with E-state index in [-0.39, 0.29) is 11.9 Å². The van der Waals surface area contributed by atoms with Gasteiger partial charge in [0, 0.05) is 4.47 Å². The quantitative estimate of drug-likeness (QED) is 0.912. The summed E-state index contributed by atoms with van der Waals surface area (Å²) in [5.74, 6) is -0.0838. The van der Waals surface area contributed by atoms with Crippen LogP contribution in [0.25, 0.3) is 0 Å². The van der Waals surface area contributed by atoms with Gasteiger partial charge in [0.25, 0.3) is 11.9 Å². The van der Waals surface area contributed by atoms with Gasteiger partial charge < -0.3 is 0 Å². The molecule has 0 aliphatic rings. The molecule has 0 aliphatic carbocycles. The average molecular weight is 296 g/mol. The van der Waals surface area contributed by atoms with Crippen LogP contribution in [0.4, 0.5) is 5.95 Å². The third-order valence-corrected chi connectivity index (χ3v) is 2.79. The standard InChI is InChI=1S/C10H10BrN5O/c1-6-3-4-8(11)7(5-6)9(17)12-10-13-15-16(2)14-10/h3-5H,1-2H3,(H,12,14,17). The van der Waals surface area contributed by atoms with Crippen LogP contribution < -0.4 is 5.32 Å². The second-order valence-corrected chi connectivity index (χ2v) is 4.39. The van der Waals surface area contributed by atoms with Crippen LogP contribution in [0.2, 0.25) is 0 Å². The first kappa shape index (κ1) is 11.7. The minimum atomic E-state index is -0.270. The zero-order chi connectivity index (χ0) is 12.4. The molecule has 1 aromatic carbocycles. The predicted octanol–water partition coefficient (Wildman–Crippen LogP) is 1.53. The van der Waals surface area contributed by atoms with Crippen molar-refractivity contribution in [2.75, 3.05) is 5.32 Å². The fourth-order valence-corrected chi connectivity index (χ4v) is 1.74.